The Kier molecular flexibility index (Phi) is 4.25. The van der Waals surface area contributed by atoms with Gasteiger partial charge in [0.2, 0.25) is 0 Å². The molecule has 2 aromatic heterocycles. The van der Waals surface area contributed by atoms with E-state index >= 15 is 0 Å². The van der Waals surface area contributed by atoms with Crippen molar-refractivity contribution in [3.63, 3.8) is 0 Å². The van der Waals surface area contributed by atoms with E-state index in [1.807, 2.05) is 4.57 Å². The Morgan fingerprint density at radius 2 is 2.13 bits per heavy atom. The van der Waals surface area contributed by atoms with Crippen molar-refractivity contribution in [2.24, 2.45) is 5.41 Å². The normalized spacial score (nSPS) is 22.0. The Bertz CT molecular complexity index is 682. The number of hydrogen-bond acceptors (Lipinski definition) is 6. The number of hydrogen-bond donors (Lipinski definition) is 2. The van der Waals surface area contributed by atoms with Gasteiger partial charge in [0, 0.05) is 13.1 Å². The van der Waals surface area contributed by atoms with Gasteiger partial charge >= 0.3 is 0 Å². The molecule has 0 radical (unpaired) electrons. The predicted octanol–water partition coefficient (Wildman–Crippen LogP) is 1.19. The number of aromatic nitrogens is 4. The zero-order valence-electron chi connectivity index (χ0n) is 14.0. The lowest BCUT2D eigenvalue weighted by atomic mass is 9.91. The van der Waals surface area contributed by atoms with Gasteiger partial charge in [-0.2, -0.15) is 0 Å². The Hall–Kier alpha value is -1.73. The first-order chi connectivity index (χ1) is 10.9. The summed E-state index contributed by atoms with van der Waals surface area (Å²) in [5, 5.41) is 19.2. The van der Waals surface area contributed by atoms with Gasteiger partial charge in [-0.3, -0.25) is 0 Å². The Morgan fingerprint density at radius 3 is 2.83 bits per heavy atom. The molecule has 0 bridgehead atoms. The van der Waals surface area contributed by atoms with E-state index in [2.05, 4.69) is 33.7 Å². The summed E-state index contributed by atoms with van der Waals surface area (Å²) in [7, 11) is 0. The quantitative estimate of drug-likeness (QED) is 0.861. The van der Waals surface area contributed by atoms with Crippen molar-refractivity contribution in [3.05, 3.63) is 12.7 Å². The summed E-state index contributed by atoms with van der Waals surface area (Å²) in [5.41, 5.74) is 1.67. The highest BCUT2D eigenvalue weighted by atomic mass is 16.3. The summed E-state index contributed by atoms with van der Waals surface area (Å²) in [4.78, 5) is 15.4. The maximum absolute atomic E-state index is 9.71. The van der Waals surface area contributed by atoms with Crippen LogP contribution in [0.15, 0.2) is 12.7 Å². The van der Waals surface area contributed by atoms with Crippen LogP contribution in [0.3, 0.4) is 0 Å². The highest BCUT2D eigenvalue weighted by molar-refractivity contribution is 5.83. The average molecular weight is 319 g/mol. The third-order valence-electron chi connectivity index (χ3n) is 4.48. The molecule has 0 aromatic carbocycles. The van der Waals surface area contributed by atoms with Crippen LogP contribution in [0, 0.1) is 5.41 Å². The molecule has 2 atom stereocenters. The van der Waals surface area contributed by atoms with Crippen LogP contribution in [0.2, 0.25) is 0 Å². The lowest BCUT2D eigenvalue weighted by molar-refractivity contribution is 0.178. The van der Waals surface area contributed by atoms with Crippen LogP contribution >= 0.6 is 0 Å². The van der Waals surface area contributed by atoms with E-state index in [1.54, 1.807) is 19.6 Å². The minimum absolute atomic E-state index is 0.0608. The van der Waals surface area contributed by atoms with Gasteiger partial charge in [0.1, 0.15) is 6.33 Å². The minimum atomic E-state index is -0.355. The lowest BCUT2D eigenvalue weighted by Gasteiger charge is -2.24. The van der Waals surface area contributed by atoms with E-state index in [4.69, 9.17) is 0 Å². The summed E-state index contributed by atoms with van der Waals surface area (Å²) in [5.74, 6) is 0.787. The van der Waals surface area contributed by atoms with Crippen molar-refractivity contribution < 1.29 is 10.2 Å². The molecular formula is C16H25N5O2. The van der Waals surface area contributed by atoms with Crippen LogP contribution in [0.25, 0.3) is 11.2 Å². The van der Waals surface area contributed by atoms with Gasteiger partial charge in [0.05, 0.1) is 25.1 Å². The maximum atomic E-state index is 9.71. The second-order valence-corrected chi connectivity index (χ2v) is 7.28. The van der Waals surface area contributed by atoms with Crippen molar-refractivity contribution in [2.45, 2.75) is 52.3 Å². The smallest absolute Gasteiger partial charge is 0.165 e. The number of rotatable bonds is 5. The summed E-state index contributed by atoms with van der Waals surface area (Å²) in [6.45, 7) is 7.80. The molecule has 3 rings (SSSR count). The van der Waals surface area contributed by atoms with Crippen LogP contribution in [-0.2, 0) is 6.54 Å². The van der Waals surface area contributed by atoms with Gasteiger partial charge in [-0.05, 0) is 25.2 Å². The van der Waals surface area contributed by atoms with Gasteiger partial charge in [0.15, 0.2) is 17.0 Å². The van der Waals surface area contributed by atoms with E-state index in [0.717, 1.165) is 29.9 Å². The first kappa shape index (κ1) is 16.1. The van der Waals surface area contributed by atoms with Crippen LogP contribution in [0.1, 0.15) is 33.6 Å². The first-order valence-corrected chi connectivity index (χ1v) is 8.13. The number of anilines is 1. The number of fused-ring (bicyclic) bond motifs is 1. The van der Waals surface area contributed by atoms with Crippen LogP contribution in [0.5, 0.6) is 0 Å². The van der Waals surface area contributed by atoms with Gasteiger partial charge in [-0.1, -0.05) is 13.8 Å². The Morgan fingerprint density at radius 1 is 1.35 bits per heavy atom. The van der Waals surface area contributed by atoms with Crippen LogP contribution < -0.4 is 4.90 Å². The second-order valence-electron chi connectivity index (χ2n) is 7.28. The van der Waals surface area contributed by atoms with E-state index in [9.17, 15) is 10.2 Å². The van der Waals surface area contributed by atoms with E-state index in [-0.39, 0.29) is 24.2 Å². The van der Waals surface area contributed by atoms with Gasteiger partial charge in [-0.25, -0.2) is 15.0 Å². The largest absolute Gasteiger partial charge is 0.394 e. The number of aliphatic hydroxyl groups excluding tert-OH is 2. The number of aliphatic hydroxyl groups is 2. The maximum Gasteiger partial charge on any atom is 0.165 e. The molecule has 1 aliphatic heterocycles. The highest BCUT2D eigenvalue weighted by Gasteiger charge is 2.38. The molecule has 0 aliphatic carbocycles. The zero-order chi connectivity index (χ0) is 16.6. The third kappa shape index (κ3) is 3.16. The Balaban J connectivity index is 1.96. The van der Waals surface area contributed by atoms with Crippen molar-refractivity contribution in [3.8, 4) is 0 Å². The number of aryl methyl sites for hydroxylation is 1. The topological polar surface area (TPSA) is 87.3 Å². The SMILES string of the molecule is C[C@H](O)CCn1cnc2c(N3CC(C)(C)C[C@H]3CO)ncnc21. The molecule has 7 heteroatoms. The molecule has 0 saturated carbocycles. The fourth-order valence-electron chi connectivity index (χ4n) is 3.38. The molecule has 0 spiro atoms. The monoisotopic (exact) mass is 319 g/mol. The molecule has 3 heterocycles. The molecule has 0 amide bonds. The van der Waals surface area contributed by atoms with Crippen LogP contribution in [0.4, 0.5) is 5.82 Å². The molecular weight excluding hydrogens is 294 g/mol. The van der Waals surface area contributed by atoms with E-state index in [0.29, 0.717) is 13.0 Å². The minimum Gasteiger partial charge on any atom is -0.394 e. The fraction of sp³-hybridized carbons (Fsp3) is 0.688. The summed E-state index contributed by atoms with van der Waals surface area (Å²) >= 11 is 0. The third-order valence-corrected chi connectivity index (χ3v) is 4.48. The highest BCUT2D eigenvalue weighted by Crippen LogP contribution is 2.37. The van der Waals surface area contributed by atoms with Gasteiger partial charge in [-0.15, -0.1) is 0 Å². The van der Waals surface area contributed by atoms with Crippen molar-refractivity contribution in [1.29, 1.82) is 0 Å². The first-order valence-electron chi connectivity index (χ1n) is 8.13. The van der Waals surface area contributed by atoms with Gasteiger partial charge < -0.3 is 19.7 Å². The van der Waals surface area contributed by atoms with E-state index < -0.39 is 0 Å². The fourth-order valence-corrected chi connectivity index (χ4v) is 3.38. The molecule has 126 valence electrons. The molecule has 1 fully saturated rings. The Labute approximate surface area is 136 Å². The molecule has 1 aliphatic rings. The average Bonchev–Trinajstić information content (AvgIpc) is 3.05. The van der Waals surface area contributed by atoms with Crippen molar-refractivity contribution >= 4 is 17.0 Å². The van der Waals surface area contributed by atoms with E-state index in [1.165, 1.54) is 0 Å². The molecule has 0 unspecified atom stereocenters. The molecule has 7 nitrogen and oxygen atoms in total. The molecule has 23 heavy (non-hydrogen) atoms. The summed E-state index contributed by atoms with van der Waals surface area (Å²) < 4.78 is 1.95. The number of imidazole rings is 1. The van der Waals surface area contributed by atoms with Gasteiger partial charge in [0.25, 0.3) is 0 Å². The molecule has 2 aromatic rings. The molecule has 1 saturated heterocycles. The second kappa shape index (κ2) is 6.05. The standard InChI is InChI=1S/C16H25N5O2/c1-11(23)4-5-20-10-19-13-14(20)17-9-18-15(13)21-8-16(2,3)6-12(21)7-22/h9-12,22-23H,4-8H2,1-3H3/t11-,12-/m0/s1. The molecule has 2 N–H and O–H groups in total. The number of nitrogens with zero attached hydrogens (tertiary/aromatic N) is 5. The lowest BCUT2D eigenvalue weighted by Crippen LogP contribution is -2.33. The van der Waals surface area contributed by atoms with Crippen LogP contribution in [-0.4, -0.2) is 55.0 Å². The predicted molar refractivity (Wildman–Crippen MR) is 88.2 cm³/mol. The van der Waals surface area contributed by atoms with Crippen molar-refractivity contribution in [2.75, 3.05) is 18.1 Å². The summed E-state index contributed by atoms with van der Waals surface area (Å²) in [6, 6.07) is 0.0608. The zero-order valence-corrected chi connectivity index (χ0v) is 14.0. The van der Waals surface area contributed by atoms with Crippen molar-refractivity contribution in [1.82, 2.24) is 19.5 Å². The summed E-state index contributed by atoms with van der Waals surface area (Å²) in [6.07, 6.45) is 4.53.